The van der Waals surface area contributed by atoms with Crippen molar-refractivity contribution in [2.75, 3.05) is 18.4 Å². The van der Waals surface area contributed by atoms with Gasteiger partial charge >= 0.3 is 0 Å². The van der Waals surface area contributed by atoms with Gasteiger partial charge < -0.3 is 5.32 Å². The minimum Gasteiger partial charge on any atom is -0.334 e. The molecular formula is C7H11ClN4S. The number of halogens is 1. The smallest absolute Gasteiger partial charge is 0.185 e. The van der Waals surface area contributed by atoms with E-state index in [-0.39, 0.29) is 6.29 Å². The molecule has 4 nitrogen and oxygen atoms in total. The molecule has 3 N–H and O–H groups in total. The average Bonchev–Trinajstić information content (AvgIpc) is 2.76. The van der Waals surface area contributed by atoms with Crippen LogP contribution in [0.25, 0.3) is 0 Å². The molecule has 1 aromatic heterocycles. The number of alkyl halides is 1. The lowest BCUT2D eigenvalue weighted by molar-refractivity contribution is 0.620. The molecule has 1 saturated heterocycles. The fourth-order valence-electron chi connectivity index (χ4n) is 1.17. The molecule has 1 aromatic rings. The molecule has 1 fully saturated rings. The number of rotatable bonds is 3. The highest BCUT2D eigenvalue weighted by Gasteiger charge is 2.13. The molecule has 2 heterocycles. The normalized spacial score (nSPS) is 17.9. The Morgan fingerprint density at radius 3 is 3.00 bits per heavy atom. The fraction of sp³-hybridized carbons (Fsp3) is 0.571. The number of anilines is 1. The number of nitrogens with zero attached hydrogens (tertiary/aromatic N) is 1. The quantitative estimate of drug-likeness (QED) is 0.656. The summed E-state index contributed by atoms with van der Waals surface area (Å²) in [6.45, 7) is 1.98. The summed E-state index contributed by atoms with van der Waals surface area (Å²) in [6.07, 6.45) is 0.148. The van der Waals surface area contributed by atoms with E-state index in [1.54, 1.807) is 11.3 Å². The van der Waals surface area contributed by atoms with Crippen molar-refractivity contribution in [1.29, 1.82) is 0 Å². The Morgan fingerprint density at radius 1 is 1.62 bits per heavy atom. The number of nitrogens with one attached hydrogen (secondary N) is 3. The largest absolute Gasteiger partial charge is 0.334 e. The van der Waals surface area contributed by atoms with Gasteiger partial charge in [0.25, 0.3) is 0 Å². The molecule has 0 aliphatic carbocycles. The summed E-state index contributed by atoms with van der Waals surface area (Å²) in [5, 5.41) is 12.6. The Balaban J connectivity index is 1.92. The molecule has 1 aliphatic rings. The summed E-state index contributed by atoms with van der Waals surface area (Å²) in [5.41, 5.74) is 0.923. The van der Waals surface area contributed by atoms with Crippen LogP contribution in [-0.2, 0) is 5.88 Å². The average molecular weight is 219 g/mol. The van der Waals surface area contributed by atoms with Crippen LogP contribution in [0.15, 0.2) is 5.38 Å². The SMILES string of the molecule is ClCc1csc(NC2NCCN2)n1. The first-order valence-corrected chi connectivity index (χ1v) is 5.53. The molecule has 72 valence electrons. The maximum atomic E-state index is 5.64. The highest BCUT2D eigenvalue weighted by molar-refractivity contribution is 7.13. The summed E-state index contributed by atoms with van der Waals surface area (Å²) in [4.78, 5) is 4.29. The van der Waals surface area contributed by atoms with Gasteiger partial charge in [0.15, 0.2) is 5.13 Å². The molecule has 0 saturated carbocycles. The number of aromatic nitrogens is 1. The van der Waals surface area contributed by atoms with Gasteiger partial charge in [0.05, 0.1) is 11.6 Å². The zero-order valence-corrected chi connectivity index (χ0v) is 8.58. The van der Waals surface area contributed by atoms with Crippen LogP contribution in [0.3, 0.4) is 0 Å². The lowest BCUT2D eigenvalue weighted by Crippen LogP contribution is -2.38. The third kappa shape index (κ3) is 2.31. The number of hydrogen-bond donors (Lipinski definition) is 3. The van der Waals surface area contributed by atoms with E-state index in [9.17, 15) is 0 Å². The van der Waals surface area contributed by atoms with Gasteiger partial charge in [-0.15, -0.1) is 22.9 Å². The van der Waals surface area contributed by atoms with Gasteiger partial charge in [-0.25, -0.2) is 4.98 Å². The zero-order valence-electron chi connectivity index (χ0n) is 7.01. The van der Waals surface area contributed by atoms with Crippen molar-refractivity contribution in [1.82, 2.24) is 15.6 Å². The molecule has 0 spiro atoms. The second kappa shape index (κ2) is 4.23. The van der Waals surface area contributed by atoms with Crippen LogP contribution in [-0.4, -0.2) is 24.4 Å². The van der Waals surface area contributed by atoms with Crippen LogP contribution in [0.2, 0.25) is 0 Å². The summed E-state index contributed by atoms with van der Waals surface area (Å²) < 4.78 is 0. The second-order valence-electron chi connectivity index (χ2n) is 2.76. The van der Waals surface area contributed by atoms with E-state index in [1.807, 2.05) is 5.38 Å². The lowest BCUT2D eigenvalue weighted by Gasteiger charge is -2.10. The van der Waals surface area contributed by atoms with E-state index in [1.165, 1.54) is 0 Å². The third-order valence-electron chi connectivity index (χ3n) is 1.78. The van der Waals surface area contributed by atoms with Crippen LogP contribution in [0.5, 0.6) is 0 Å². The van der Waals surface area contributed by atoms with Crippen LogP contribution >= 0.6 is 22.9 Å². The Kier molecular flexibility index (Phi) is 3.00. The highest BCUT2D eigenvalue weighted by Crippen LogP contribution is 2.16. The molecule has 1 aliphatic heterocycles. The molecule has 0 radical (unpaired) electrons. The maximum absolute atomic E-state index is 5.64. The van der Waals surface area contributed by atoms with Crippen molar-refractivity contribution in [3.63, 3.8) is 0 Å². The van der Waals surface area contributed by atoms with Gasteiger partial charge in [-0.2, -0.15) is 0 Å². The standard InChI is InChI=1S/C7H11ClN4S/c8-3-5-4-13-7(11-5)12-6-9-1-2-10-6/h4,6,9-10H,1-3H2,(H,11,12). The third-order valence-corrected chi connectivity index (χ3v) is 2.87. The van der Waals surface area contributed by atoms with Gasteiger partial charge in [0.2, 0.25) is 0 Å². The van der Waals surface area contributed by atoms with Crippen LogP contribution in [0.4, 0.5) is 5.13 Å². The maximum Gasteiger partial charge on any atom is 0.185 e. The van der Waals surface area contributed by atoms with Gasteiger partial charge in [-0.1, -0.05) is 0 Å². The van der Waals surface area contributed by atoms with Crippen molar-refractivity contribution in [3.05, 3.63) is 11.1 Å². The van der Waals surface area contributed by atoms with Crippen molar-refractivity contribution in [2.45, 2.75) is 12.2 Å². The van der Waals surface area contributed by atoms with E-state index < -0.39 is 0 Å². The molecule has 0 bridgehead atoms. The monoisotopic (exact) mass is 218 g/mol. The summed E-state index contributed by atoms with van der Waals surface area (Å²) >= 11 is 7.22. The van der Waals surface area contributed by atoms with E-state index in [2.05, 4.69) is 20.9 Å². The molecule has 13 heavy (non-hydrogen) atoms. The topological polar surface area (TPSA) is 49.0 Å². The van der Waals surface area contributed by atoms with Crippen molar-refractivity contribution in [2.24, 2.45) is 0 Å². The Morgan fingerprint density at radius 2 is 2.38 bits per heavy atom. The first-order chi connectivity index (χ1) is 6.38. The van der Waals surface area contributed by atoms with Crippen LogP contribution in [0, 0.1) is 0 Å². The van der Waals surface area contributed by atoms with Crippen LogP contribution < -0.4 is 16.0 Å². The summed E-state index contributed by atoms with van der Waals surface area (Å²) in [7, 11) is 0. The lowest BCUT2D eigenvalue weighted by atomic mass is 10.6. The van der Waals surface area contributed by atoms with Gasteiger partial charge in [-0.3, -0.25) is 10.6 Å². The van der Waals surface area contributed by atoms with Crippen LogP contribution in [0.1, 0.15) is 5.69 Å². The van der Waals surface area contributed by atoms with Crippen molar-refractivity contribution >= 4 is 28.1 Å². The van der Waals surface area contributed by atoms with E-state index in [0.29, 0.717) is 5.88 Å². The van der Waals surface area contributed by atoms with Gasteiger partial charge in [-0.05, 0) is 0 Å². The summed E-state index contributed by atoms with van der Waals surface area (Å²) in [5.74, 6) is 0.476. The van der Waals surface area contributed by atoms with Crippen molar-refractivity contribution < 1.29 is 0 Å². The van der Waals surface area contributed by atoms with E-state index in [0.717, 1.165) is 23.9 Å². The van der Waals surface area contributed by atoms with Gasteiger partial charge in [0.1, 0.15) is 6.29 Å². The molecule has 6 heteroatoms. The van der Waals surface area contributed by atoms with E-state index >= 15 is 0 Å². The second-order valence-corrected chi connectivity index (χ2v) is 3.89. The number of hydrogen-bond acceptors (Lipinski definition) is 5. The first-order valence-electron chi connectivity index (χ1n) is 4.12. The Labute approximate surface area is 85.7 Å². The molecule has 0 atom stereocenters. The fourth-order valence-corrected chi connectivity index (χ4v) is 2.13. The summed E-state index contributed by atoms with van der Waals surface area (Å²) in [6, 6.07) is 0. The molecule has 2 rings (SSSR count). The molecular weight excluding hydrogens is 208 g/mol. The Hall–Kier alpha value is -0.360. The zero-order chi connectivity index (χ0) is 9.10. The van der Waals surface area contributed by atoms with E-state index in [4.69, 9.17) is 11.6 Å². The molecule has 0 aromatic carbocycles. The molecule has 0 amide bonds. The number of thiazole rings is 1. The van der Waals surface area contributed by atoms with Gasteiger partial charge in [0, 0.05) is 18.5 Å². The Bertz CT molecular complexity index is 271. The minimum atomic E-state index is 0.148. The predicted octanol–water partition coefficient (Wildman–Crippen LogP) is 0.770. The minimum absolute atomic E-state index is 0.148. The molecule has 0 unspecified atom stereocenters. The predicted molar refractivity (Wildman–Crippen MR) is 55.1 cm³/mol. The first kappa shape index (κ1) is 9.21. The highest BCUT2D eigenvalue weighted by atomic mass is 35.5. The van der Waals surface area contributed by atoms with Crippen molar-refractivity contribution in [3.8, 4) is 0 Å².